The first-order valence-corrected chi connectivity index (χ1v) is 6.44. The zero-order valence-electron chi connectivity index (χ0n) is 11.0. The van der Waals surface area contributed by atoms with E-state index >= 15 is 0 Å². The molecule has 18 heavy (non-hydrogen) atoms. The molecule has 98 valence electrons. The van der Waals surface area contributed by atoms with Crippen LogP contribution in [0.15, 0.2) is 24.5 Å². The Balaban J connectivity index is 2.24. The van der Waals surface area contributed by atoms with Crippen molar-refractivity contribution < 1.29 is 9.90 Å². The van der Waals surface area contributed by atoms with Gasteiger partial charge in [-0.05, 0) is 51.4 Å². The van der Waals surface area contributed by atoms with Crippen LogP contribution in [0.5, 0.6) is 0 Å². The van der Waals surface area contributed by atoms with E-state index in [1.807, 2.05) is 12.1 Å². The van der Waals surface area contributed by atoms with E-state index in [1.165, 1.54) is 0 Å². The Bertz CT molecular complexity index is 409. The molecule has 0 saturated carbocycles. The maximum absolute atomic E-state index is 11.7. The number of carboxylic acids is 1. The van der Waals surface area contributed by atoms with Gasteiger partial charge in [0.2, 0.25) is 0 Å². The molecule has 4 nitrogen and oxygen atoms in total. The Morgan fingerprint density at radius 3 is 2.56 bits per heavy atom. The largest absolute Gasteiger partial charge is 0.481 e. The molecule has 0 aromatic carbocycles. The minimum absolute atomic E-state index is 0.477. The van der Waals surface area contributed by atoms with Crippen molar-refractivity contribution in [3.05, 3.63) is 30.1 Å². The topological polar surface area (TPSA) is 53.4 Å². The van der Waals surface area contributed by atoms with E-state index in [0.717, 1.165) is 18.7 Å². The molecular weight excluding hydrogens is 228 g/mol. The fourth-order valence-corrected chi connectivity index (χ4v) is 2.69. The lowest BCUT2D eigenvalue weighted by Crippen LogP contribution is -2.49. The summed E-state index contributed by atoms with van der Waals surface area (Å²) in [7, 11) is 0. The number of aliphatic carboxylic acids is 1. The summed E-state index contributed by atoms with van der Waals surface area (Å²) >= 11 is 0. The van der Waals surface area contributed by atoms with E-state index < -0.39 is 11.4 Å². The van der Waals surface area contributed by atoms with Gasteiger partial charge in [-0.1, -0.05) is 6.07 Å². The van der Waals surface area contributed by atoms with Crippen LogP contribution in [0.25, 0.3) is 0 Å². The van der Waals surface area contributed by atoms with Gasteiger partial charge in [0.1, 0.15) is 0 Å². The third kappa shape index (κ3) is 2.25. The van der Waals surface area contributed by atoms with Gasteiger partial charge in [0, 0.05) is 18.4 Å². The normalized spacial score (nSPS) is 19.9. The molecule has 0 amide bonds. The molecule has 0 aliphatic carbocycles. The number of carbonyl (C=O) groups is 1. The van der Waals surface area contributed by atoms with Gasteiger partial charge in [0.15, 0.2) is 0 Å². The van der Waals surface area contributed by atoms with Crippen molar-refractivity contribution in [1.29, 1.82) is 0 Å². The molecule has 1 aromatic rings. The molecule has 2 rings (SSSR count). The van der Waals surface area contributed by atoms with E-state index in [4.69, 9.17) is 0 Å². The summed E-state index contributed by atoms with van der Waals surface area (Å²) in [5.41, 5.74) is 0.0838. The second-order valence-electron chi connectivity index (χ2n) is 5.26. The molecule has 1 saturated heterocycles. The highest BCUT2D eigenvalue weighted by atomic mass is 16.4. The van der Waals surface area contributed by atoms with Crippen LogP contribution in [0.2, 0.25) is 0 Å². The van der Waals surface area contributed by atoms with Gasteiger partial charge in [0.05, 0.1) is 5.41 Å². The van der Waals surface area contributed by atoms with Crippen LogP contribution in [0.1, 0.15) is 32.3 Å². The second kappa shape index (κ2) is 5.06. The van der Waals surface area contributed by atoms with E-state index in [9.17, 15) is 9.90 Å². The SMILES string of the molecule is CC(C)N1CCC(C(=O)O)(c2cccnc2)CC1. The molecule has 0 spiro atoms. The van der Waals surface area contributed by atoms with Gasteiger partial charge in [-0.3, -0.25) is 9.78 Å². The Hall–Kier alpha value is -1.42. The first kappa shape index (κ1) is 13.0. The van der Waals surface area contributed by atoms with E-state index in [1.54, 1.807) is 12.4 Å². The number of piperidine rings is 1. The lowest BCUT2D eigenvalue weighted by Gasteiger charge is -2.40. The van der Waals surface area contributed by atoms with Crippen molar-refractivity contribution in [3.8, 4) is 0 Å². The summed E-state index contributed by atoms with van der Waals surface area (Å²) in [6, 6.07) is 4.17. The average Bonchev–Trinajstić information content (AvgIpc) is 2.39. The molecule has 0 radical (unpaired) electrons. The van der Waals surface area contributed by atoms with Crippen molar-refractivity contribution >= 4 is 5.97 Å². The first-order valence-electron chi connectivity index (χ1n) is 6.44. The molecule has 1 aliphatic heterocycles. The van der Waals surface area contributed by atoms with E-state index in [0.29, 0.717) is 18.9 Å². The van der Waals surface area contributed by atoms with Crippen LogP contribution < -0.4 is 0 Å². The highest BCUT2D eigenvalue weighted by molar-refractivity contribution is 5.81. The predicted octanol–water partition coefficient (Wildman–Crippen LogP) is 1.91. The van der Waals surface area contributed by atoms with Gasteiger partial charge in [-0.2, -0.15) is 0 Å². The summed E-state index contributed by atoms with van der Waals surface area (Å²) in [5, 5.41) is 9.62. The molecule has 4 heteroatoms. The third-order valence-electron chi connectivity index (χ3n) is 4.01. The number of aromatic nitrogens is 1. The Kier molecular flexibility index (Phi) is 3.66. The number of nitrogens with zero attached hydrogens (tertiary/aromatic N) is 2. The molecule has 1 aromatic heterocycles. The standard InChI is InChI=1S/C14H20N2O2/c1-11(2)16-8-5-14(6-9-16,13(17)18)12-4-3-7-15-10-12/h3-4,7,10-11H,5-6,8-9H2,1-2H3,(H,17,18). The maximum atomic E-state index is 11.7. The minimum Gasteiger partial charge on any atom is -0.481 e. The quantitative estimate of drug-likeness (QED) is 0.887. The van der Waals surface area contributed by atoms with Crippen LogP contribution in [-0.4, -0.2) is 40.1 Å². The monoisotopic (exact) mass is 248 g/mol. The van der Waals surface area contributed by atoms with Crippen LogP contribution >= 0.6 is 0 Å². The highest BCUT2D eigenvalue weighted by Gasteiger charge is 2.43. The van der Waals surface area contributed by atoms with E-state index in [-0.39, 0.29) is 0 Å². The van der Waals surface area contributed by atoms with Gasteiger partial charge in [-0.25, -0.2) is 0 Å². The number of rotatable bonds is 3. The molecular formula is C14H20N2O2. The molecule has 1 N–H and O–H groups in total. The number of carboxylic acid groups (broad SMARTS) is 1. The molecule has 1 aliphatic rings. The lowest BCUT2D eigenvalue weighted by atomic mass is 9.73. The van der Waals surface area contributed by atoms with Crippen LogP contribution in [0.3, 0.4) is 0 Å². The van der Waals surface area contributed by atoms with Crippen molar-refractivity contribution in [2.75, 3.05) is 13.1 Å². The fourth-order valence-electron chi connectivity index (χ4n) is 2.69. The van der Waals surface area contributed by atoms with Crippen molar-refractivity contribution in [1.82, 2.24) is 9.88 Å². The third-order valence-corrected chi connectivity index (χ3v) is 4.01. The van der Waals surface area contributed by atoms with Crippen molar-refractivity contribution in [3.63, 3.8) is 0 Å². The molecule has 0 unspecified atom stereocenters. The molecule has 0 bridgehead atoms. The number of hydrogen-bond acceptors (Lipinski definition) is 3. The highest BCUT2D eigenvalue weighted by Crippen LogP contribution is 2.35. The molecule has 2 heterocycles. The zero-order valence-corrected chi connectivity index (χ0v) is 11.0. The van der Waals surface area contributed by atoms with Crippen molar-refractivity contribution in [2.45, 2.75) is 38.1 Å². The zero-order chi connectivity index (χ0) is 13.2. The number of pyridine rings is 1. The predicted molar refractivity (Wildman–Crippen MR) is 69.5 cm³/mol. The number of hydrogen-bond donors (Lipinski definition) is 1. The van der Waals surface area contributed by atoms with Gasteiger partial charge in [-0.15, -0.1) is 0 Å². The Morgan fingerprint density at radius 2 is 2.11 bits per heavy atom. The summed E-state index contributed by atoms with van der Waals surface area (Å²) in [6.45, 7) is 5.97. The van der Waals surface area contributed by atoms with Gasteiger partial charge < -0.3 is 10.0 Å². The second-order valence-corrected chi connectivity index (χ2v) is 5.26. The van der Waals surface area contributed by atoms with Crippen LogP contribution in [0.4, 0.5) is 0 Å². The van der Waals surface area contributed by atoms with Gasteiger partial charge in [0.25, 0.3) is 0 Å². The summed E-state index contributed by atoms with van der Waals surface area (Å²) in [4.78, 5) is 18.1. The molecule has 1 fully saturated rings. The fraction of sp³-hybridized carbons (Fsp3) is 0.571. The van der Waals surface area contributed by atoms with Crippen LogP contribution in [0, 0.1) is 0 Å². The van der Waals surface area contributed by atoms with E-state index in [2.05, 4.69) is 23.7 Å². The Morgan fingerprint density at radius 1 is 1.44 bits per heavy atom. The lowest BCUT2D eigenvalue weighted by molar-refractivity contribution is -0.146. The molecule has 0 atom stereocenters. The maximum Gasteiger partial charge on any atom is 0.314 e. The smallest absolute Gasteiger partial charge is 0.314 e. The van der Waals surface area contributed by atoms with Gasteiger partial charge >= 0.3 is 5.97 Å². The minimum atomic E-state index is -0.750. The summed E-state index contributed by atoms with van der Waals surface area (Å²) in [6.07, 6.45) is 4.69. The average molecular weight is 248 g/mol. The number of likely N-dealkylation sites (tertiary alicyclic amines) is 1. The van der Waals surface area contributed by atoms with Crippen molar-refractivity contribution in [2.24, 2.45) is 0 Å². The first-order chi connectivity index (χ1) is 8.56. The summed E-state index contributed by atoms with van der Waals surface area (Å²) < 4.78 is 0. The Labute approximate surface area is 108 Å². The van der Waals surface area contributed by atoms with Crippen LogP contribution in [-0.2, 0) is 10.2 Å². The summed E-state index contributed by atoms with van der Waals surface area (Å²) in [5.74, 6) is -0.723.